The van der Waals surface area contributed by atoms with Crippen LogP contribution in [0.1, 0.15) is 30.7 Å². The van der Waals surface area contributed by atoms with Crippen LogP contribution >= 0.6 is 11.3 Å². The molecular weight excluding hydrogens is 272 g/mol. The first-order chi connectivity index (χ1) is 9.63. The fraction of sp³-hybridized carbons (Fsp3) is 0.333. The Bertz CT molecular complexity index is 632. The zero-order chi connectivity index (χ0) is 14.1. The van der Waals surface area contributed by atoms with Crippen LogP contribution in [0.5, 0.6) is 0 Å². The molecule has 0 bridgehead atoms. The second-order valence-electron chi connectivity index (χ2n) is 5.08. The summed E-state index contributed by atoms with van der Waals surface area (Å²) in [5.74, 6) is -0.392. The number of amides is 2. The third-order valence-electron chi connectivity index (χ3n) is 3.56. The van der Waals surface area contributed by atoms with Crippen LogP contribution in [0.3, 0.4) is 0 Å². The van der Waals surface area contributed by atoms with Gasteiger partial charge in [0.05, 0.1) is 6.04 Å². The van der Waals surface area contributed by atoms with Crippen molar-refractivity contribution in [2.45, 2.75) is 31.8 Å². The molecule has 2 unspecified atom stereocenters. The molecule has 3 rings (SSSR count). The first kappa shape index (κ1) is 13.3. The number of nitrogens with one attached hydrogen (secondary N) is 2. The van der Waals surface area contributed by atoms with E-state index in [1.807, 2.05) is 12.1 Å². The highest BCUT2D eigenvalue weighted by Crippen LogP contribution is 2.30. The molecule has 104 valence electrons. The van der Waals surface area contributed by atoms with Crippen molar-refractivity contribution in [3.05, 3.63) is 35.2 Å². The molecule has 1 aliphatic rings. The number of hydrogen-bond donors (Lipinski definition) is 2. The lowest BCUT2D eigenvalue weighted by Gasteiger charge is -2.24. The monoisotopic (exact) mass is 288 g/mol. The van der Waals surface area contributed by atoms with Crippen molar-refractivity contribution >= 4 is 33.2 Å². The zero-order valence-electron chi connectivity index (χ0n) is 11.2. The Balaban J connectivity index is 1.74. The molecule has 5 heteroatoms. The van der Waals surface area contributed by atoms with Crippen LogP contribution in [0.2, 0.25) is 0 Å². The highest BCUT2D eigenvalue weighted by Gasteiger charge is 2.27. The number of fused-ring (bicyclic) bond motifs is 1. The molecule has 20 heavy (non-hydrogen) atoms. The van der Waals surface area contributed by atoms with Gasteiger partial charge in [-0.15, -0.1) is 11.3 Å². The van der Waals surface area contributed by atoms with Crippen molar-refractivity contribution in [2.75, 3.05) is 0 Å². The standard InChI is InChI=1S/C15H16N2O2S/c1-9(16-11-6-7-14(18)17-15(11)19)13-8-10-4-2-3-5-12(10)20-13/h2-5,8-9,11,16H,6-7H2,1H3,(H,17,18,19). The Morgan fingerprint density at radius 3 is 2.90 bits per heavy atom. The first-order valence-corrected chi connectivity index (χ1v) is 7.53. The van der Waals surface area contributed by atoms with Crippen LogP contribution in [0.4, 0.5) is 0 Å². The van der Waals surface area contributed by atoms with Gasteiger partial charge >= 0.3 is 0 Å². The van der Waals surface area contributed by atoms with E-state index >= 15 is 0 Å². The van der Waals surface area contributed by atoms with Crippen LogP contribution in [0, 0.1) is 0 Å². The molecule has 1 fully saturated rings. The predicted molar refractivity (Wildman–Crippen MR) is 79.5 cm³/mol. The largest absolute Gasteiger partial charge is 0.298 e. The maximum absolute atomic E-state index is 11.8. The van der Waals surface area contributed by atoms with E-state index in [-0.39, 0.29) is 23.9 Å². The Morgan fingerprint density at radius 1 is 1.35 bits per heavy atom. The van der Waals surface area contributed by atoms with Gasteiger partial charge in [-0.2, -0.15) is 0 Å². The summed E-state index contributed by atoms with van der Waals surface area (Å²) in [6.45, 7) is 2.05. The van der Waals surface area contributed by atoms with Gasteiger partial charge in [-0.05, 0) is 30.9 Å². The van der Waals surface area contributed by atoms with Crippen molar-refractivity contribution in [2.24, 2.45) is 0 Å². The normalized spacial score (nSPS) is 20.9. The quantitative estimate of drug-likeness (QED) is 0.852. The highest BCUT2D eigenvalue weighted by atomic mass is 32.1. The molecule has 0 saturated carbocycles. The molecule has 1 aromatic heterocycles. The average molecular weight is 288 g/mol. The number of piperidine rings is 1. The first-order valence-electron chi connectivity index (χ1n) is 6.72. The molecular formula is C15H16N2O2S. The van der Waals surface area contributed by atoms with Crippen molar-refractivity contribution in [1.29, 1.82) is 0 Å². The number of hydrogen-bond acceptors (Lipinski definition) is 4. The van der Waals surface area contributed by atoms with Gasteiger partial charge < -0.3 is 0 Å². The zero-order valence-corrected chi connectivity index (χ0v) is 12.0. The lowest BCUT2D eigenvalue weighted by Crippen LogP contribution is -2.51. The SMILES string of the molecule is CC(NC1CCC(=O)NC1=O)c1cc2ccccc2s1. The van der Waals surface area contributed by atoms with Gasteiger partial charge in [0.1, 0.15) is 0 Å². The van der Waals surface area contributed by atoms with Gasteiger partial charge in [0.15, 0.2) is 0 Å². The lowest BCUT2D eigenvalue weighted by molar-refractivity contribution is -0.134. The predicted octanol–water partition coefficient (Wildman–Crippen LogP) is 2.36. The third-order valence-corrected chi connectivity index (χ3v) is 4.86. The molecule has 0 aliphatic carbocycles. The van der Waals surface area contributed by atoms with Crippen LogP contribution in [0.15, 0.2) is 30.3 Å². The summed E-state index contributed by atoms with van der Waals surface area (Å²) < 4.78 is 1.25. The van der Waals surface area contributed by atoms with E-state index in [1.165, 1.54) is 15.0 Å². The van der Waals surface area contributed by atoms with Crippen LogP contribution in [-0.4, -0.2) is 17.9 Å². The fourth-order valence-corrected chi connectivity index (χ4v) is 3.53. The van der Waals surface area contributed by atoms with Crippen molar-refractivity contribution in [1.82, 2.24) is 10.6 Å². The average Bonchev–Trinajstić information content (AvgIpc) is 2.86. The fourth-order valence-electron chi connectivity index (χ4n) is 2.45. The molecule has 4 nitrogen and oxygen atoms in total. The minimum atomic E-state index is -0.284. The summed E-state index contributed by atoms with van der Waals surface area (Å²) in [7, 11) is 0. The van der Waals surface area contributed by atoms with E-state index in [4.69, 9.17) is 0 Å². The second kappa shape index (κ2) is 5.34. The van der Waals surface area contributed by atoms with Gasteiger partial charge in [0.2, 0.25) is 11.8 Å². The molecule has 0 spiro atoms. The lowest BCUT2D eigenvalue weighted by atomic mass is 10.0. The van der Waals surface area contributed by atoms with Crippen molar-refractivity contribution < 1.29 is 9.59 Å². The smallest absolute Gasteiger partial charge is 0.243 e. The van der Waals surface area contributed by atoms with Gasteiger partial charge in [-0.1, -0.05) is 18.2 Å². The summed E-state index contributed by atoms with van der Waals surface area (Å²) in [4.78, 5) is 24.1. The van der Waals surface area contributed by atoms with Gasteiger partial charge in [0.25, 0.3) is 0 Å². The van der Waals surface area contributed by atoms with Gasteiger partial charge in [-0.25, -0.2) is 0 Å². The Labute approximate surface area is 121 Å². The summed E-state index contributed by atoms with van der Waals surface area (Å²) in [5, 5.41) is 6.91. The third kappa shape index (κ3) is 2.59. The maximum atomic E-state index is 11.8. The molecule has 1 aliphatic heterocycles. The Hall–Kier alpha value is -1.72. The summed E-state index contributed by atoms with van der Waals surface area (Å²) in [5.41, 5.74) is 0. The summed E-state index contributed by atoms with van der Waals surface area (Å²) in [6.07, 6.45) is 0.975. The molecule has 1 saturated heterocycles. The van der Waals surface area contributed by atoms with Crippen LogP contribution < -0.4 is 10.6 Å². The highest BCUT2D eigenvalue weighted by molar-refractivity contribution is 7.19. The number of thiophene rings is 1. The molecule has 2 N–H and O–H groups in total. The van der Waals surface area contributed by atoms with Crippen molar-refractivity contribution in [3.63, 3.8) is 0 Å². The van der Waals surface area contributed by atoms with Crippen molar-refractivity contribution in [3.8, 4) is 0 Å². The summed E-state index contributed by atoms with van der Waals surface area (Å²) >= 11 is 1.73. The molecule has 1 aromatic carbocycles. The second-order valence-corrected chi connectivity index (χ2v) is 6.19. The number of rotatable bonds is 3. The van der Waals surface area contributed by atoms with E-state index in [0.717, 1.165) is 0 Å². The van der Waals surface area contributed by atoms with Crippen LogP contribution in [0.25, 0.3) is 10.1 Å². The number of imide groups is 1. The Morgan fingerprint density at radius 2 is 2.15 bits per heavy atom. The molecule has 2 aromatic rings. The van der Waals surface area contributed by atoms with E-state index in [0.29, 0.717) is 12.8 Å². The van der Waals surface area contributed by atoms with E-state index in [2.05, 4.69) is 35.8 Å². The van der Waals surface area contributed by atoms with Crippen LogP contribution in [-0.2, 0) is 9.59 Å². The van der Waals surface area contributed by atoms with E-state index < -0.39 is 0 Å². The number of carbonyl (C=O) groups excluding carboxylic acids is 2. The topological polar surface area (TPSA) is 58.2 Å². The number of carbonyl (C=O) groups is 2. The minimum Gasteiger partial charge on any atom is -0.298 e. The molecule has 2 amide bonds. The maximum Gasteiger partial charge on any atom is 0.243 e. The van der Waals surface area contributed by atoms with E-state index in [1.54, 1.807) is 11.3 Å². The minimum absolute atomic E-state index is 0.0938. The summed E-state index contributed by atoms with van der Waals surface area (Å²) in [6, 6.07) is 10.2. The molecule has 0 radical (unpaired) electrons. The Kier molecular flexibility index (Phi) is 3.54. The van der Waals surface area contributed by atoms with Gasteiger partial charge in [-0.3, -0.25) is 20.2 Å². The van der Waals surface area contributed by atoms with E-state index in [9.17, 15) is 9.59 Å². The van der Waals surface area contributed by atoms with Gasteiger partial charge in [0, 0.05) is 22.0 Å². The molecule has 2 heterocycles. The number of benzene rings is 1. The molecule has 2 atom stereocenters.